The molecule has 2 aromatic rings. The number of carbonyl (C=O) groups excluding carboxylic acids is 1. The Balaban J connectivity index is 1.70. The van der Waals surface area contributed by atoms with Crippen LogP contribution in [0.5, 0.6) is 0 Å². The molecule has 19 heavy (non-hydrogen) atoms. The van der Waals surface area contributed by atoms with Crippen LogP contribution in [0.2, 0.25) is 0 Å². The summed E-state index contributed by atoms with van der Waals surface area (Å²) < 4.78 is 11.9. The Morgan fingerprint density at radius 1 is 1.32 bits per heavy atom. The highest BCUT2D eigenvalue weighted by molar-refractivity contribution is 7.84. The molecular formula is C13H14N2O2S2. The van der Waals surface area contributed by atoms with Crippen molar-refractivity contribution in [2.45, 2.75) is 11.4 Å². The van der Waals surface area contributed by atoms with E-state index >= 15 is 0 Å². The van der Waals surface area contributed by atoms with E-state index in [-0.39, 0.29) is 5.91 Å². The molecule has 0 aliphatic rings. The average molecular weight is 294 g/mol. The van der Waals surface area contributed by atoms with Crippen molar-refractivity contribution in [1.82, 2.24) is 10.3 Å². The Labute approximate surface area is 118 Å². The van der Waals surface area contributed by atoms with Gasteiger partial charge in [0.05, 0.1) is 15.7 Å². The zero-order valence-electron chi connectivity index (χ0n) is 10.2. The Bertz CT molecular complexity index is 541. The van der Waals surface area contributed by atoms with Crippen LogP contribution in [-0.2, 0) is 10.8 Å². The van der Waals surface area contributed by atoms with Crippen LogP contribution in [0.25, 0.3) is 0 Å². The molecule has 0 saturated heterocycles. The molecule has 0 aromatic carbocycles. The fourth-order valence-corrected chi connectivity index (χ4v) is 3.15. The molecule has 4 nitrogen and oxygen atoms in total. The first-order chi connectivity index (χ1) is 9.27. The van der Waals surface area contributed by atoms with E-state index in [0.717, 1.165) is 0 Å². The number of carbonyl (C=O) groups is 1. The van der Waals surface area contributed by atoms with Gasteiger partial charge in [0.1, 0.15) is 5.03 Å². The van der Waals surface area contributed by atoms with Crippen molar-refractivity contribution < 1.29 is 9.00 Å². The summed E-state index contributed by atoms with van der Waals surface area (Å²) in [5.74, 6) is 0.431. The predicted octanol–water partition coefficient (Wildman–Crippen LogP) is 2.07. The van der Waals surface area contributed by atoms with Gasteiger partial charge >= 0.3 is 0 Å². The van der Waals surface area contributed by atoms with Crippen molar-refractivity contribution in [3.8, 4) is 0 Å². The number of hydrogen-bond donors (Lipinski definition) is 1. The van der Waals surface area contributed by atoms with Gasteiger partial charge < -0.3 is 5.32 Å². The third-order valence-corrected chi connectivity index (χ3v) is 4.64. The number of pyridine rings is 1. The molecule has 100 valence electrons. The standard InChI is InChI=1S/C13H14N2O2S2/c16-13(11-5-3-9-18-11)15-8-4-10-19(17)12-6-1-2-7-14-12/h1-3,5-7,9H,4,8,10H2,(H,15,16). The van der Waals surface area contributed by atoms with E-state index < -0.39 is 10.8 Å². The van der Waals surface area contributed by atoms with E-state index in [2.05, 4.69) is 10.3 Å². The Hall–Kier alpha value is -1.53. The summed E-state index contributed by atoms with van der Waals surface area (Å²) in [7, 11) is -1.09. The van der Waals surface area contributed by atoms with Crippen molar-refractivity contribution in [1.29, 1.82) is 0 Å². The summed E-state index contributed by atoms with van der Waals surface area (Å²) in [5.41, 5.74) is 0. The molecule has 0 bridgehead atoms. The van der Waals surface area contributed by atoms with Gasteiger partial charge in [-0.25, -0.2) is 4.98 Å². The van der Waals surface area contributed by atoms with Crippen LogP contribution in [0.1, 0.15) is 16.1 Å². The van der Waals surface area contributed by atoms with Crippen LogP contribution >= 0.6 is 11.3 Å². The molecule has 0 aliphatic carbocycles. The average Bonchev–Trinajstić information content (AvgIpc) is 2.98. The molecule has 0 spiro atoms. The van der Waals surface area contributed by atoms with Crippen molar-refractivity contribution in [2.24, 2.45) is 0 Å². The van der Waals surface area contributed by atoms with Gasteiger partial charge in [0, 0.05) is 18.5 Å². The molecular weight excluding hydrogens is 280 g/mol. The highest BCUT2D eigenvalue weighted by Crippen LogP contribution is 2.07. The molecule has 1 atom stereocenters. The Morgan fingerprint density at radius 3 is 2.89 bits per heavy atom. The zero-order valence-corrected chi connectivity index (χ0v) is 11.9. The highest BCUT2D eigenvalue weighted by Gasteiger charge is 2.07. The number of nitrogens with one attached hydrogen (secondary N) is 1. The van der Waals surface area contributed by atoms with E-state index in [9.17, 15) is 9.00 Å². The van der Waals surface area contributed by atoms with Gasteiger partial charge in [-0.1, -0.05) is 12.1 Å². The van der Waals surface area contributed by atoms with Crippen LogP contribution in [0.4, 0.5) is 0 Å². The molecule has 2 aromatic heterocycles. The van der Waals surface area contributed by atoms with E-state index in [1.54, 1.807) is 24.4 Å². The van der Waals surface area contributed by atoms with E-state index in [1.165, 1.54) is 11.3 Å². The van der Waals surface area contributed by atoms with Crippen LogP contribution in [0.15, 0.2) is 46.9 Å². The fourth-order valence-electron chi connectivity index (χ4n) is 1.49. The lowest BCUT2D eigenvalue weighted by Crippen LogP contribution is -2.24. The largest absolute Gasteiger partial charge is 0.351 e. The first kappa shape index (κ1) is 13.9. The van der Waals surface area contributed by atoms with E-state index in [0.29, 0.717) is 28.6 Å². The van der Waals surface area contributed by atoms with Crippen molar-refractivity contribution >= 4 is 28.0 Å². The summed E-state index contributed by atoms with van der Waals surface area (Å²) in [6.07, 6.45) is 2.30. The van der Waals surface area contributed by atoms with Crippen molar-refractivity contribution in [3.63, 3.8) is 0 Å². The quantitative estimate of drug-likeness (QED) is 0.830. The lowest BCUT2D eigenvalue weighted by atomic mass is 10.4. The van der Waals surface area contributed by atoms with Gasteiger partial charge in [0.25, 0.3) is 5.91 Å². The monoisotopic (exact) mass is 294 g/mol. The lowest BCUT2D eigenvalue weighted by molar-refractivity contribution is 0.0958. The van der Waals surface area contributed by atoms with Gasteiger partial charge in [-0.2, -0.15) is 0 Å². The fraction of sp³-hybridized carbons (Fsp3) is 0.231. The number of nitrogens with zero attached hydrogens (tertiary/aromatic N) is 1. The summed E-state index contributed by atoms with van der Waals surface area (Å²) in [4.78, 5) is 16.4. The molecule has 2 heterocycles. The minimum atomic E-state index is -1.09. The first-order valence-electron chi connectivity index (χ1n) is 5.88. The number of thiophene rings is 1. The number of rotatable bonds is 6. The maximum Gasteiger partial charge on any atom is 0.261 e. The molecule has 1 N–H and O–H groups in total. The molecule has 6 heteroatoms. The second-order valence-electron chi connectivity index (χ2n) is 3.80. The maximum atomic E-state index is 11.9. The summed E-state index contributed by atoms with van der Waals surface area (Å²) in [5, 5.41) is 5.26. The predicted molar refractivity (Wildman–Crippen MR) is 76.8 cm³/mol. The van der Waals surface area contributed by atoms with Crippen LogP contribution < -0.4 is 5.32 Å². The van der Waals surface area contributed by atoms with Crippen LogP contribution in [0.3, 0.4) is 0 Å². The van der Waals surface area contributed by atoms with Gasteiger partial charge in [-0.05, 0) is 30.0 Å². The van der Waals surface area contributed by atoms with Crippen molar-refractivity contribution in [2.75, 3.05) is 12.3 Å². The number of amides is 1. The normalized spacial score (nSPS) is 12.0. The van der Waals surface area contributed by atoms with Gasteiger partial charge in [0.2, 0.25) is 0 Å². The molecule has 0 radical (unpaired) electrons. The minimum absolute atomic E-state index is 0.0707. The molecule has 2 rings (SSSR count). The SMILES string of the molecule is O=C(NCCCS(=O)c1ccccn1)c1cccs1. The maximum absolute atomic E-state index is 11.9. The van der Waals surface area contributed by atoms with E-state index in [1.807, 2.05) is 17.5 Å². The summed E-state index contributed by atoms with van der Waals surface area (Å²) >= 11 is 1.41. The first-order valence-corrected chi connectivity index (χ1v) is 8.08. The minimum Gasteiger partial charge on any atom is -0.351 e. The van der Waals surface area contributed by atoms with Gasteiger partial charge in [0.15, 0.2) is 0 Å². The lowest BCUT2D eigenvalue weighted by Gasteiger charge is -2.03. The van der Waals surface area contributed by atoms with Crippen LogP contribution in [0, 0.1) is 0 Å². The third-order valence-electron chi connectivity index (χ3n) is 2.41. The summed E-state index contributed by atoms with van der Waals surface area (Å²) in [6.45, 7) is 0.523. The smallest absolute Gasteiger partial charge is 0.261 e. The molecule has 1 unspecified atom stereocenters. The van der Waals surface area contributed by atoms with Crippen molar-refractivity contribution in [3.05, 3.63) is 46.8 Å². The van der Waals surface area contributed by atoms with Gasteiger partial charge in [-0.15, -0.1) is 11.3 Å². The highest BCUT2D eigenvalue weighted by atomic mass is 32.2. The molecule has 1 amide bonds. The topological polar surface area (TPSA) is 59.1 Å². The Morgan fingerprint density at radius 2 is 2.21 bits per heavy atom. The molecule has 0 saturated carbocycles. The zero-order chi connectivity index (χ0) is 13.5. The van der Waals surface area contributed by atoms with Crippen LogP contribution in [-0.4, -0.2) is 27.4 Å². The van der Waals surface area contributed by atoms with Gasteiger partial charge in [-0.3, -0.25) is 9.00 Å². The second kappa shape index (κ2) is 7.16. The Kier molecular flexibility index (Phi) is 5.23. The molecule has 0 aliphatic heterocycles. The third kappa shape index (κ3) is 4.25. The second-order valence-corrected chi connectivity index (χ2v) is 6.27. The number of aromatic nitrogens is 1. The van der Waals surface area contributed by atoms with E-state index in [4.69, 9.17) is 0 Å². The summed E-state index contributed by atoms with van der Waals surface area (Å²) in [6, 6.07) is 8.99. The number of hydrogen-bond acceptors (Lipinski definition) is 4. The molecule has 0 fully saturated rings.